The zero-order valence-corrected chi connectivity index (χ0v) is 29.8. The zero-order valence-electron chi connectivity index (χ0n) is 29.8. The van der Waals surface area contributed by atoms with Gasteiger partial charge in [-0.2, -0.15) is 0 Å². The molecule has 4 nitrogen and oxygen atoms in total. The van der Waals surface area contributed by atoms with E-state index < -0.39 is 0 Å². The summed E-state index contributed by atoms with van der Waals surface area (Å²) in [5.74, 6) is 1.31. The summed E-state index contributed by atoms with van der Waals surface area (Å²) in [5.41, 5.74) is 11.3. The Labute approximate surface area is 309 Å². The number of aliphatic imine (C=N–C) groups is 1. The molecule has 1 aliphatic heterocycles. The van der Waals surface area contributed by atoms with Gasteiger partial charge in [0.05, 0.1) is 17.1 Å². The molecule has 0 radical (unpaired) electrons. The van der Waals surface area contributed by atoms with Gasteiger partial charge in [-0.05, 0) is 70.1 Å². The minimum atomic E-state index is -0.145. The predicted molar refractivity (Wildman–Crippen MR) is 220 cm³/mol. The van der Waals surface area contributed by atoms with Crippen molar-refractivity contribution in [2.45, 2.75) is 26.1 Å². The number of fused-ring (bicyclic) bond motifs is 6. The van der Waals surface area contributed by atoms with E-state index in [1.54, 1.807) is 0 Å². The van der Waals surface area contributed by atoms with E-state index in [1.165, 1.54) is 49.6 Å². The van der Waals surface area contributed by atoms with Crippen LogP contribution in [0.1, 0.15) is 37.2 Å². The Hall–Kier alpha value is -6.39. The van der Waals surface area contributed by atoms with Crippen molar-refractivity contribution in [1.29, 1.82) is 0 Å². The number of nitrogens with zero attached hydrogens (tertiary/aromatic N) is 2. The summed E-state index contributed by atoms with van der Waals surface area (Å²) >= 11 is 0. The standard InChI is InChI=1S/C49H39N3O/c1-31-32(2)49(52-43-20-9-6-17-39(43)40-18-7-10-21-44(40)52)51-48(38-27-28-42-41-19-8-11-22-45(41)53-46(42)30-38)50-47(31)35-25-23-34(24-26-35)37-16-12-15-36(29-37)33-13-4-3-5-14-33/h3-32,47,49H,1-2H3,(H,50,51). The van der Waals surface area contributed by atoms with Gasteiger partial charge in [-0.15, -0.1) is 0 Å². The van der Waals surface area contributed by atoms with Gasteiger partial charge in [0, 0.05) is 33.0 Å². The second-order valence-electron chi connectivity index (χ2n) is 14.5. The number of benzene rings is 7. The minimum Gasteiger partial charge on any atom is -0.456 e. The molecule has 0 spiro atoms. The molecule has 0 saturated carbocycles. The fraction of sp³-hybridized carbons (Fsp3) is 0.122. The SMILES string of the molecule is CC1C(c2ccc(-c3cccc(-c4ccccc4)c3)cc2)NC(c2ccc3c(c2)oc2ccccc23)=NC(n2c3ccccc3c3ccccc32)C1C. The molecule has 4 atom stereocenters. The molecule has 0 fully saturated rings. The molecule has 9 aromatic rings. The number of hydrogen-bond donors (Lipinski definition) is 1. The van der Waals surface area contributed by atoms with Crippen molar-refractivity contribution in [1.82, 2.24) is 9.88 Å². The molecule has 0 saturated heterocycles. The Kier molecular flexibility index (Phi) is 7.50. The lowest BCUT2D eigenvalue weighted by molar-refractivity contribution is 0.247. The van der Waals surface area contributed by atoms with Crippen LogP contribution in [0.5, 0.6) is 0 Å². The summed E-state index contributed by atoms with van der Waals surface area (Å²) in [7, 11) is 0. The number of amidine groups is 1. The van der Waals surface area contributed by atoms with Gasteiger partial charge in [0.15, 0.2) is 0 Å². The highest BCUT2D eigenvalue weighted by Gasteiger charge is 2.36. The summed E-state index contributed by atoms with van der Waals surface area (Å²) in [5, 5.41) is 8.75. The third-order valence-electron chi connectivity index (χ3n) is 11.5. The topological polar surface area (TPSA) is 42.5 Å². The van der Waals surface area contributed by atoms with Gasteiger partial charge in [-0.1, -0.05) is 147 Å². The molecule has 1 N–H and O–H groups in total. The molecule has 0 amide bonds. The second kappa shape index (κ2) is 12.7. The third kappa shape index (κ3) is 5.33. The van der Waals surface area contributed by atoms with E-state index in [0.717, 1.165) is 33.3 Å². The molecule has 7 aromatic carbocycles. The van der Waals surface area contributed by atoms with E-state index in [1.807, 2.05) is 12.1 Å². The summed E-state index contributed by atoms with van der Waals surface area (Å²) in [6, 6.07) is 60.8. The summed E-state index contributed by atoms with van der Waals surface area (Å²) in [6.45, 7) is 4.74. The Bertz CT molecular complexity index is 2760. The Balaban J connectivity index is 1.09. The van der Waals surface area contributed by atoms with Crippen LogP contribution < -0.4 is 5.32 Å². The maximum atomic E-state index is 6.39. The first-order valence-corrected chi connectivity index (χ1v) is 18.6. The Morgan fingerprint density at radius 3 is 1.75 bits per heavy atom. The monoisotopic (exact) mass is 685 g/mol. The molecule has 3 heterocycles. The first-order valence-electron chi connectivity index (χ1n) is 18.6. The average molecular weight is 686 g/mol. The molecule has 256 valence electrons. The summed E-state index contributed by atoms with van der Waals surface area (Å²) in [4.78, 5) is 5.69. The molecule has 1 aliphatic rings. The fourth-order valence-corrected chi connectivity index (χ4v) is 8.48. The molecule has 10 rings (SSSR count). The number of hydrogen-bond acceptors (Lipinski definition) is 3. The fourth-order valence-electron chi connectivity index (χ4n) is 8.48. The van der Waals surface area contributed by atoms with E-state index in [9.17, 15) is 0 Å². The normalized spacial score (nSPS) is 19.0. The van der Waals surface area contributed by atoms with E-state index in [4.69, 9.17) is 9.41 Å². The van der Waals surface area contributed by atoms with Crippen LogP contribution in [0.15, 0.2) is 179 Å². The third-order valence-corrected chi connectivity index (χ3v) is 11.5. The van der Waals surface area contributed by atoms with Gasteiger partial charge in [-0.3, -0.25) is 0 Å². The van der Waals surface area contributed by atoms with Crippen LogP contribution in [0.3, 0.4) is 0 Å². The maximum Gasteiger partial charge on any atom is 0.136 e. The number of rotatable bonds is 5. The number of furan rings is 1. The quantitative estimate of drug-likeness (QED) is 0.196. The largest absolute Gasteiger partial charge is 0.456 e. The minimum absolute atomic E-state index is 0.0258. The van der Waals surface area contributed by atoms with Gasteiger partial charge < -0.3 is 14.3 Å². The van der Waals surface area contributed by atoms with Crippen molar-refractivity contribution in [2.24, 2.45) is 16.8 Å². The molecule has 53 heavy (non-hydrogen) atoms. The van der Waals surface area contributed by atoms with Crippen molar-refractivity contribution >= 4 is 49.6 Å². The molecular weight excluding hydrogens is 647 g/mol. The van der Waals surface area contributed by atoms with Gasteiger partial charge in [0.1, 0.15) is 23.2 Å². The van der Waals surface area contributed by atoms with Crippen molar-refractivity contribution in [3.8, 4) is 22.3 Å². The second-order valence-corrected chi connectivity index (χ2v) is 14.5. The van der Waals surface area contributed by atoms with Crippen LogP contribution in [-0.4, -0.2) is 10.4 Å². The predicted octanol–water partition coefficient (Wildman–Crippen LogP) is 12.6. The highest BCUT2D eigenvalue weighted by molar-refractivity contribution is 6.10. The molecular formula is C49H39N3O. The first kappa shape index (κ1) is 31.4. The van der Waals surface area contributed by atoms with Crippen LogP contribution in [0, 0.1) is 11.8 Å². The lowest BCUT2D eigenvalue weighted by atomic mass is 9.83. The van der Waals surface area contributed by atoms with Gasteiger partial charge in [0.2, 0.25) is 0 Å². The van der Waals surface area contributed by atoms with Crippen molar-refractivity contribution < 1.29 is 4.42 Å². The molecule has 0 aliphatic carbocycles. The van der Waals surface area contributed by atoms with Crippen LogP contribution in [0.2, 0.25) is 0 Å². The van der Waals surface area contributed by atoms with Crippen LogP contribution in [-0.2, 0) is 0 Å². The summed E-state index contributed by atoms with van der Waals surface area (Å²) < 4.78 is 8.86. The Morgan fingerprint density at radius 2 is 1.04 bits per heavy atom. The lowest BCUT2D eigenvalue weighted by Gasteiger charge is -2.31. The van der Waals surface area contributed by atoms with E-state index in [0.29, 0.717) is 0 Å². The summed E-state index contributed by atoms with van der Waals surface area (Å²) in [6.07, 6.45) is -0.145. The molecule has 2 aromatic heterocycles. The van der Waals surface area contributed by atoms with Crippen LogP contribution in [0.25, 0.3) is 66.0 Å². The maximum absolute atomic E-state index is 6.39. The van der Waals surface area contributed by atoms with Crippen LogP contribution in [0.4, 0.5) is 0 Å². The first-order chi connectivity index (χ1) is 26.1. The number of aromatic nitrogens is 1. The van der Waals surface area contributed by atoms with Crippen molar-refractivity contribution in [3.63, 3.8) is 0 Å². The molecule has 0 bridgehead atoms. The number of nitrogens with one attached hydrogen (secondary N) is 1. The van der Waals surface area contributed by atoms with E-state index in [-0.39, 0.29) is 24.0 Å². The van der Waals surface area contributed by atoms with E-state index >= 15 is 0 Å². The molecule has 4 unspecified atom stereocenters. The van der Waals surface area contributed by atoms with Crippen molar-refractivity contribution in [2.75, 3.05) is 0 Å². The highest BCUT2D eigenvalue weighted by atomic mass is 16.3. The average Bonchev–Trinajstić information content (AvgIpc) is 3.72. The van der Waals surface area contributed by atoms with Gasteiger partial charge in [0.25, 0.3) is 0 Å². The number of para-hydroxylation sites is 3. The zero-order chi connectivity index (χ0) is 35.5. The smallest absolute Gasteiger partial charge is 0.136 e. The van der Waals surface area contributed by atoms with Gasteiger partial charge in [-0.25, -0.2) is 4.99 Å². The van der Waals surface area contributed by atoms with E-state index in [2.05, 4.69) is 181 Å². The van der Waals surface area contributed by atoms with Crippen molar-refractivity contribution in [3.05, 3.63) is 181 Å². The van der Waals surface area contributed by atoms with Crippen LogP contribution >= 0.6 is 0 Å². The highest BCUT2D eigenvalue weighted by Crippen LogP contribution is 2.43. The van der Waals surface area contributed by atoms with Gasteiger partial charge >= 0.3 is 0 Å². The Morgan fingerprint density at radius 1 is 0.472 bits per heavy atom. The lowest BCUT2D eigenvalue weighted by Crippen LogP contribution is -2.33. The molecule has 4 heteroatoms.